The van der Waals surface area contributed by atoms with Crippen molar-refractivity contribution in [3.05, 3.63) is 0 Å². The molecule has 2 N–H and O–H groups in total. The molecule has 21 heavy (non-hydrogen) atoms. The van der Waals surface area contributed by atoms with Crippen molar-refractivity contribution in [2.24, 2.45) is 5.41 Å². The average Bonchev–Trinajstić information content (AvgIpc) is 2.73. The molecule has 0 saturated carbocycles. The molecule has 1 fully saturated rings. The lowest BCUT2D eigenvalue weighted by Crippen LogP contribution is -2.45. The van der Waals surface area contributed by atoms with Crippen LogP contribution < -0.4 is 10.6 Å². The minimum Gasteiger partial charge on any atom is -0.359 e. The van der Waals surface area contributed by atoms with Crippen molar-refractivity contribution in [2.45, 2.75) is 58.9 Å². The maximum Gasteiger partial charge on any atom is 0.226 e. The highest BCUT2D eigenvalue weighted by molar-refractivity contribution is 5.81. The van der Waals surface area contributed by atoms with E-state index in [1.807, 2.05) is 25.7 Å². The minimum atomic E-state index is -0.464. The lowest BCUT2D eigenvalue weighted by Gasteiger charge is -2.27. The predicted octanol–water partition coefficient (Wildman–Crippen LogP) is 1.53. The van der Waals surface area contributed by atoms with E-state index in [-0.39, 0.29) is 17.9 Å². The molecular weight excluding hydrogens is 266 g/mol. The molecule has 0 aliphatic carbocycles. The summed E-state index contributed by atoms with van der Waals surface area (Å²) >= 11 is 0. The van der Waals surface area contributed by atoms with Gasteiger partial charge in [-0.25, -0.2) is 0 Å². The van der Waals surface area contributed by atoms with Crippen molar-refractivity contribution in [2.75, 3.05) is 26.7 Å². The van der Waals surface area contributed by atoms with Gasteiger partial charge in [0.1, 0.15) is 0 Å². The maximum atomic E-state index is 12.3. The Morgan fingerprint density at radius 3 is 2.24 bits per heavy atom. The molecule has 0 aromatic heterocycles. The van der Waals surface area contributed by atoms with E-state index >= 15 is 0 Å². The smallest absolute Gasteiger partial charge is 0.226 e. The van der Waals surface area contributed by atoms with Crippen LogP contribution in [0.1, 0.15) is 52.9 Å². The molecule has 0 aromatic rings. The largest absolute Gasteiger partial charge is 0.359 e. The summed E-state index contributed by atoms with van der Waals surface area (Å²) in [5, 5.41) is 5.99. The van der Waals surface area contributed by atoms with Crippen LogP contribution >= 0.6 is 0 Å². The van der Waals surface area contributed by atoms with Gasteiger partial charge in [-0.15, -0.1) is 0 Å². The molecular formula is C16H31N3O2. The van der Waals surface area contributed by atoms with Crippen molar-refractivity contribution >= 4 is 11.8 Å². The Labute approximate surface area is 128 Å². The van der Waals surface area contributed by atoms with Crippen LogP contribution in [0.4, 0.5) is 0 Å². The third-order valence-electron chi connectivity index (χ3n) is 4.17. The number of nitrogens with zero attached hydrogens (tertiary/aromatic N) is 1. The SMILES string of the molecule is CNC(=O)C(C)(C)CNC(C)CC(=O)N1CCCCCC1. The molecule has 2 amide bonds. The number of nitrogens with one attached hydrogen (secondary N) is 2. The zero-order valence-electron chi connectivity index (χ0n) is 14.0. The van der Waals surface area contributed by atoms with Crippen LogP contribution in [0.25, 0.3) is 0 Å². The lowest BCUT2D eigenvalue weighted by molar-refractivity contribution is -0.131. The molecule has 1 aliphatic rings. The van der Waals surface area contributed by atoms with E-state index < -0.39 is 5.41 Å². The molecule has 1 heterocycles. The molecule has 0 bridgehead atoms. The molecule has 1 rings (SSSR count). The van der Waals surface area contributed by atoms with E-state index in [0.29, 0.717) is 13.0 Å². The Morgan fingerprint density at radius 1 is 1.14 bits per heavy atom. The highest BCUT2D eigenvalue weighted by Gasteiger charge is 2.27. The second-order valence-corrected chi connectivity index (χ2v) is 6.74. The number of hydrogen-bond donors (Lipinski definition) is 2. The summed E-state index contributed by atoms with van der Waals surface area (Å²) in [6.07, 6.45) is 5.22. The van der Waals surface area contributed by atoms with E-state index in [2.05, 4.69) is 10.6 Å². The molecule has 0 radical (unpaired) electrons. The first-order valence-electron chi connectivity index (χ1n) is 8.10. The highest BCUT2D eigenvalue weighted by atomic mass is 16.2. The fourth-order valence-corrected chi connectivity index (χ4v) is 2.63. The third kappa shape index (κ3) is 6.04. The van der Waals surface area contributed by atoms with E-state index in [1.54, 1.807) is 7.05 Å². The number of hydrogen-bond acceptors (Lipinski definition) is 3. The number of carbonyl (C=O) groups is 2. The van der Waals surface area contributed by atoms with Gasteiger partial charge in [-0.05, 0) is 33.6 Å². The van der Waals surface area contributed by atoms with Gasteiger partial charge in [-0.3, -0.25) is 9.59 Å². The summed E-state index contributed by atoms with van der Waals surface area (Å²) in [5.41, 5.74) is -0.464. The number of rotatable bonds is 6. The average molecular weight is 297 g/mol. The van der Waals surface area contributed by atoms with Crippen LogP contribution in [0.2, 0.25) is 0 Å². The summed E-state index contributed by atoms with van der Waals surface area (Å²) in [6, 6.07) is 0.0877. The van der Waals surface area contributed by atoms with Gasteiger partial charge in [-0.2, -0.15) is 0 Å². The predicted molar refractivity (Wildman–Crippen MR) is 85.0 cm³/mol. The van der Waals surface area contributed by atoms with Crippen LogP contribution in [0.5, 0.6) is 0 Å². The summed E-state index contributed by atoms with van der Waals surface area (Å²) in [5.74, 6) is 0.246. The Morgan fingerprint density at radius 2 is 1.71 bits per heavy atom. The van der Waals surface area contributed by atoms with E-state index in [0.717, 1.165) is 25.9 Å². The van der Waals surface area contributed by atoms with Crippen molar-refractivity contribution < 1.29 is 9.59 Å². The van der Waals surface area contributed by atoms with Gasteiger partial charge in [0.25, 0.3) is 0 Å². The van der Waals surface area contributed by atoms with Gasteiger partial charge >= 0.3 is 0 Å². The molecule has 1 unspecified atom stereocenters. The summed E-state index contributed by atoms with van der Waals surface area (Å²) < 4.78 is 0. The molecule has 122 valence electrons. The zero-order chi connectivity index (χ0) is 15.9. The monoisotopic (exact) mass is 297 g/mol. The standard InChI is InChI=1S/C16H31N3O2/c1-13(18-12-16(2,3)15(21)17-4)11-14(20)19-9-7-5-6-8-10-19/h13,18H,5-12H2,1-4H3,(H,17,21). The van der Waals surface area contributed by atoms with Crippen LogP contribution in [-0.4, -0.2) is 49.4 Å². The Balaban J connectivity index is 2.37. The first-order valence-corrected chi connectivity index (χ1v) is 8.10. The Kier molecular flexibility index (Phi) is 7.15. The first kappa shape index (κ1) is 18.0. The molecule has 1 atom stereocenters. The number of likely N-dealkylation sites (tertiary alicyclic amines) is 1. The molecule has 5 heteroatoms. The fraction of sp³-hybridized carbons (Fsp3) is 0.875. The van der Waals surface area contributed by atoms with Crippen molar-refractivity contribution in [1.82, 2.24) is 15.5 Å². The normalized spacial score (nSPS) is 18.0. The molecule has 5 nitrogen and oxygen atoms in total. The van der Waals surface area contributed by atoms with Crippen LogP contribution in [0.15, 0.2) is 0 Å². The van der Waals surface area contributed by atoms with E-state index in [1.165, 1.54) is 12.8 Å². The van der Waals surface area contributed by atoms with Crippen LogP contribution in [-0.2, 0) is 9.59 Å². The summed E-state index contributed by atoms with van der Waals surface area (Å²) in [4.78, 5) is 26.0. The number of amides is 2. The zero-order valence-corrected chi connectivity index (χ0v) is 14.0. The molecule has 1 saturated heterocycles. The van der Waals surface area contributed by atoms with Gasteiger partial charge in [0.2, 0.25) is 11.8 Å². The minimum absolute atomic E-state index is 0.0149. The summed E-state index contributed by atoms with van der Waals surface area (Å²) in [6.45, 7) is 8.19. The molecule has 0 spiro atoms. The van der Waals surface area contributed by atoms with Crippen LogP contribution in [0.3, 0.4) is 0 Å². The van der Waals surface area contributed by atoms with E-state index in [4.69, 9.17) is 0 Å². The van der Waals surface area contributed by atoms with Gasteiger partial charge in [0.15, 0.2) is 0 Å². The van der Waals surface area contributed by atoms with Gasteiger partial charge in [0.05, 0.1) is 5.41 Å². The van der Waals surface area contributed by atoms with E-state index in [9.17, 15) is 9.59 Å². The Bertz CT molecular complexity index is 347. The second-order valence-electron chi connectivity index (χ2n) is 6.74. The quantitative estimate of drug-likeness (QED) is 0.781. The summed E-state index contributed by atoms with van der Waals surface area (Å²) in [7, 11) is 1.65. The molecule has 1 aliphatic heterocycles. The molecule has 0 aromatic carbocycles. The second kappa shape index (κ2) is 8.37. The first-order chi connectivity index (χ1) is 9.86. The number of carbonyl (C=O) groups excluding carboxylic acids is 2. The third-order valence-corrected chi connectivity index (χ3v) is 4.17. The van der Waals surface area contributed by atoms with Crippen molar-refractivity contribution in [3.63, 3.8) is 0 Å². The highest BCUT2D eigenvalue weighted by Crippen LogP contribution is 2.15. The fourth-order valence-electron chi connectivity index (χ4n) is 2.63. The van der Waals surface area contributed by atoms with Crippen LogP contribution in [0, 0.1) is 5.41 Å². The maximum absolute atomic E-state index is 12.3. The Hall–Kier alpha value is -1.10. The van der Waals surface area contributed by atoms with Gasteiger partial charge in [0, 0.05) is 39.1 Å². The van der Waals surface area contributed by atoms with Crippen molar-refractivity contribution in [3.8, 4) is 0 Å². The van der Waals surface area contributed by atoms with Gasteiger partial charge < -0.3 is 15.5 Å². The lowest BCUT2D eigenvalue weighted by atomic mass is 9.92. The topological polar surface area (TPSA) is 61.4 Å². The van der Waals surface area contributed by atoms with Gasteiger partial charge in [-0.1, -0.05) is 12.8 Å². The van der Waals surface area contributed by atoms with Crippen molar-refractivity contribution in [1.29, 1.82) is 0 Å².